The first-order valence-electron chi connectivity index (χ1n) is 15.3. The third-order valence-electron chi connectivity index (χ3n) is 7.64. The van der Waals surface area contributed by atoms with E-state index in [0.717, 1.165) is 10.8 Å². The van der Waals surface area contributed by atoms with Gasteiger partial charge in [-0.2, -0.15) is 5.10 Å². The third-order valence-corrected chi connectivity index (χ3v) is 7.64. The van der Waals surface area contributed by atoms with Crippen LogP contribution in [0, 0.1) is 0 Å². The molecule has 0 bridgehead atoms. The first-order valence-corrected chi connectivity index (χ1v) is 12.3. The highest BCUT2D eigenvalue weighted by Gasteiger charge is 2.53. The van der Waals surface area contributed by atoms with Gasteiger partial charge in [0.1, 0.15) is 29.5 Å². The number of alkyl halides is 2. The second-order valence-electron chi connectivity index (χ2n) is 10.0. The van der Waals surface area contributed by atoms with Crippen molar-refractivity contribution in [2.24, 2.45) is 12.7 Å². The zero-order valence-corrected chi connectivity index (χ0v) is 20.7. The number of anilines is 2. The van der Waals surface area contributed by atoms with Crippen LogP contribution >= 0.6 is 0 Å². The molecule has 0 spiro atoms. The number of primary amides is 1. The first-order chi connectivity index (χ1) is 21.5. The van der Waals surface area contributed by atoms with Crippen LogP contribution in [0.15, 0.2) is 35.4 Å². The second-order valence-corrected chi connectivity index (χ2v) is 10.0. The molecule has 2 saturated carbocycles. The van der Waals surface area contributed by atoms with Crippen LogP contribution in [-0.2, 0) is 22.0 Å². The number of imidazole rings is 1. The number of nitrogens with zero attached hydrogens (tertiary/aromatic N) is 6. The summed E-state index contributed by atoms with van der Waals surface area (Å²) in [5.41, 5.74) is 3.53. The van der Waals surface area contributed by atoms with Crippen LogP contribution in [0.1, 0.15) is 39.9 Å². The fourth-order valence-electron chi connectivity index (χ4n) is 5.61. The topological polar surface area (TPSA) is 164 Å². The molecule has 2 fully saturated rings. The summed E-state index contributed by atoms with van der Waals surface area (Å²) in [5, 5.41) is 9.90. The van der Waals surface area contributed by atoms with Gasteiger partial charge in [0.05, 0.1) is 40.6 Å². The monoisotopic (exact) mass is 561 g/mol. The van der Waals surface area contributed by atoms with Gasteiger partial charge in [0, 0.05) is 47.8 Å². The number of carbonyl (C=O) groups is 2. The Labute approximate surface area is 233 Å². The average Bonchev–Trinajstić information content (AvgIpc) is 3.57. The number of rotatable bonds is 6. The van der Waals surface area contributed by atoms with E-state index in [2.05, 4.69) is 30.4 Å². The highest BCUT2D eigenvalue weighted by molar-refractivity contribution is 5.87. The highest BCUT2D eigenvalue weighted by Crippen LogP contribution is 2.42. The molecule has 2 aliphatic carbocycles. The number of nitrogens with two attached hydrogens (primary N) is 1. The average molecular weight is 562 g/mol. The van der Waals surface area contributed by atoms with Crippen molar-refractivity contribution >= 4 is 45.7 Å². The Morgan fingerprint density at radius 2 is 2.02 bits per heavy atom. The number of methoxy groups -OCH3 is 1. The smallest absolute Gasteiger partial charge is 0.407 e. The van der Waals surface area contributed by atoms with E-state index in [4.69, 9.17) is 14.0 Å². The van der Waals surface area contributed by atoms with Gasteiger partial charge >= 0.3 is 11.8 Å². The molecule has 4 N–H and O–H groups in total. The van der Waals surface area contributed by atoms with Gasteiger partial charge in [-0.1, -0.05) is 0 Å². The molecule has 4 aromatic heterocycles. The summed E-state index contributed by atoms with van der Waals surface area (Å²) in [6.45, 7) is -2.92. The minimum atomic E-state index is -3.05. The van der Waals surface area contributed by atoms with Crippen molar-refractivity contribution in [1.29, 1.82) is 0 Å². The Balaban J connectivity index is 1.34. The summed E-state index contributed by atoms with van der Waals surface area (Å²) in [6, 6.07) is 2.46. The number of carbonyl (C=O) groups excluding carboxylic acids is 2. The second kappa shape index (κ2) is 9.27. The molecule has 4 heterocycles. The Morgan fingerprint density at radius 3 is 2.75 bits per heavy atom. The highest BCUT2D eigenvalue weighted by atomic mass is 19.1. The van der Waals surface area contributed by atoms with Gasteiger partial charge in [-0.3, -0.25) is 13.9 Å². The van der Waals surface area contributed by atoms with Crippen LogP contribution in [0.3, 0.4) is 0 Å². The van der Waals surface area contributed by atoms with Gasteiger partial charge in [0.15, 0.2) is 5.65 Å². The summed E-state index contributed by atoms with van der Waals surface area (Å²) >= 11 is 0. The number of fused-ring (bicyclic) bond motifs is 2. The maximum absolute atomic E-state index is 15.0. The molecule has 4 aromatic rings. The molecule has 40 heavy (non-hydrogen) atoms. The molecule has 0 aliphatic heterocycles. The van der Waals surface area contributed by atoms with E-state index < -0.39 is 61.7 Å². The lowest BCUT2D eigenvalue weighted by molar-refractivity contribution is -0.135. The van der Waals surface area contributed by atoms with Crippen molar-refractivity contribution in [1.82, 2.24) is 34.2 Å². The molecule has 15 heteroatoms. The number of aryl methyl sites for hydroxylation is 1. The summed E-state index contributed by atoms with van der Waals surface area (Å²) < 4.78 is 81.0. The molecule has 2 aliphatic rings. The zero-order chi connectivity index (χ0) is 33.3. The Kier molecular flexibility index (Phi) is 4.52. The van der Waals surface area contributed by atoms with Gasteiger partial charge in [0.2, 0.25) is 5.91 Å². The predicted octanol–water partition coefficient (Wildman–Crippen LogP) is 1.93. The zero-order valence-electron chi connectivity index (χ0n) is 26.7. The van der Waals surface area contributed by atoms with E-state index in [1.54, 1.807) is 12.1 Å². The van der Waals surface area contributed by atoms with E-state index in [-0.39, 0.29) is 54.0 Å². The van der Waals surface area contributed by atoms with Gasteiger partial charge in [-0.05, 0) is 18.6 Å². The van der Waals surface area contributed by atoms with E-state index >= 15 is 4.39 Å². The Hall–Kier alpha value is -4.56. The van der Waals surface area contributed by atoms with Crippen molar-refractivity contribution in [2.75, 3.05) is 12.4 Å². The molecule has 0 radical (unpaired) electrons. The molecule has 2 amide bonds. The van der Waals surface area contributed by atoms with E-state index in [0.29, 0.717) is 9.95 Å². The summed E-state index contributed by atoms with van der Waals surface area (Å²) in [4.78, 5) is 46.5. The van der Waals surface area contributed by atoms with E-state index in [1.165, 1.54) is 16.9 Å². The van der Waals surface area contributed by atoms with Crippen molar-refractivity contribution in [3.63, 3.8) is 0 Å². The van der Waals surface area contributed by atoms with Crippen LogP contribution in [-0.4, -0.2) is 66.3 Å². The number of ether oxygens (including phenoxy) is 1. The molecule has 3 atom stereocenters. The lowest BCUT2D eigenvalue weighted by atomic mass is 9.74. The minimum Gasteiger partial charge on any atom is -0.453 e. The predicted molar refractivity (Wildman–Crippen MR) is 140 cm³/mol. The SMILES string of the molecule is [2H]C([2H])([2H])OC(=O)NC1CC(n2c(=O)n(C([2H])([2H])[2H])c3cnc(Nc4ccc5cnn(C6(C(N)=O)CC(F)C6)c5n4)cc32)CC1F. The molecule has 0 saturated heterocycles. The van der Waals surface area contributed by atoms with Crippen LogP contribution < -0.4 is 22.1 Å². The van der Waals surface area contributed by atoms with Gasteiger partial charge in [-0.15, -0.1) is 0 Å². The number of aromatic nitrogens is 6. The third kappa shape index (κ3) is 3.95. The van der Waals surface area contributed by atoms with Gasteiger partial charge in [0.25, 0.3) is 0 Å². The minimum absolute atomic E-state index is 0.0696. The number of nitrogens with one attached hydrogen (secondary N) is 2. The van der Waals surface area contributed by atoms with Crippen molar-refractivity contribution in [2.45, 2.75) is 55.6 Å². The van der Waals surface area contributed by atoms with E-state index in [1.807, 2.05) is 0 Å². The van der Waals surface area contributed by atoms with Crippen LogP contribution in [0.2, 0.25) is 0 Å². The normalized spacial score (nSPS) is 28.9. The maximum Gasteiger partial charge on any atom is 0.407 e. The maximum atomic E-state index is 15.0. The Bertz CT molecular complexity index is 1920. The molecule has 3 unspecified atom stereocenters. The van der Waals surface area contributed by atoms with E-state index in [9.17, 15) is 18.8 Å². The fraction of sp³-hybridized carbons (Fsp3) is 0.440. The number of pyridine rings is 2. The molecular formula is C25H27F2N9O4. The Morgan fingerprint density at radius 1 is 1.20 bits per heavy atom. The number of halogens is 2. The molecular weight excluding hydrogens is 528 g/mol. The first kappa shape index (κ1) is 19.5. The lowest BCUT2D eigenvalue weighted by Gasteiger charge is -2.41. The summed E-state index contributed by atoms with van der Waals surface area (Å²) in [5.74, 6) is -0.420. The van der Waals surface area contributed by atoms with Crippen molar-refractivity contribution < 1.29 is 31.3 Å². The number of hydrogen-bond donors (Lipinski definition) is 3. The standard InChI is InChI=1S/C25H27F2N9O4/c1-34-18-11-29-20(7-17(18)35(24(34)39)14-5-15(27)16(6-14)31-23(38)40-2)32-19-4-3-12-10-30-36(21(12)33-19)25(22(28)37)8-13(26)9-25/h3-4,7,10-11,13-16H,5-6,8-9H2,1-2H3,(H2,28,37)(H,31,38)(H,29,32,33)/i1D3,2D3. The van der Waals surface area contributed by atoms with Crippen molar-refractivity contribution in [3.05, 3.63) is 41.1 Å². The quantitative estimate of drug-likeness (QED) is 0.321. The number of amides is 2. The number of hydrogen-bond acceptors (Lipinski definition) is 8. The van der Waals surface area contributed by atoms with Gasteiger partial charge < -0.3 is 21.1 Å². The largest absolute Gasteiger partial charge is 0.453 e. The summed E-state index contributed by atoms with van der Waals surface area (Å²) in [7, 11) is -3.05. The van der Waals surface area contributed by atoms with Crippen LogP contribution in [0.5, 0.6) is 0 Å². The van der Waals surface area contributed by atoms with Crippen molar-refractivity contribution in [3.8, 4) is 0 Å². The van der Waals surface area contributed by atoms with Crippen LogP contribution in [0.25, 0.3) is 22.1 Å². The van der Waals surface area contributed by atoms with Gasteiger partial charge in [-0.25, -0.2) is 33.0 Å². The molecule has 0 aromatic carbocycles. The molecule has 13 nitrogen and oxygen atoms in total. The van der Waals surface area contributed by atoms with Crippen LogP contribution in [0.4, 0.5) is 25.2 Å². The summed E-state index contributed by atoms with van der Waals surface area (Å²) in [6.07, 6.45) is -2.43. The number of alkyl carbamates (subject to hydrolysis) is 1. The molecule has 6 rings (SSSR count). The molecule has 210 valence electrons. The fourth-order valence-corrected chi connectivity index (χ4v) is 5.61. The lowest BCUT2D eigenvalue weighted by Crippen LogP contribution is -2.57.